The Morgan fingerprint density at radius 3 is 2.75 bits per heavy atom. The fourth-order valence-corrected chi connectivity index (χ4v) is 1.51. The lowest BCUT2D eigenvalue weighted by molar-refractivity contribution is 0.0668. The molecule has 46 valence electrons. The van der Waals surface area contributed by atoms with Crippen molar-refractivity contribution in [3.63, 3.8) is 0 Å². The molecule has 0 saturated carbocycles. The number of rotatable bonds is 0. The van der Waals surface area contributed by atoms with Crippen LogP contribution in [-0.2, 0) is 0 Å². The zero-order chi connectivity index (χ0) is 5.40. The molecule has 0 amide bonds. The molecule has 8 heavy (non-hydrogen) atoms. The van der Waals surface area contributed by atoms with Crippen LogP contribution in [0.2, 0.25) is 0 Å². The van der Waals surface area contributed by atoms with Crippen molar-refractivity contribution in [3.05, 3.63) is 0 Å². The van der Waals surface area contributed by atoms with Gasteiger partial charge < -0.3 is 5.32 Å². The van der Waals surface area contributed by atoms with E-state index in [9.17, 15) is 0 Å². The molecule has 2 heteroatoms. The van der Waals surface area contributed by atoms with E-state index in [1.54, 1.807) is 0 Å². The topological polar surface area (TPSA) is 15.3 Å². The summed E-state index contributed by atoms with van der Waals surface area (Å²) in [7, 11) is 0. The van der Waals surface area contributed by atoms with E-state index in [2.05, 4.69) is 10.2 Å². The van der Waals surface area contributed by atoms with Crippen molar-refractivity contribution in [3.8, 4) is 0 Å². The van der Waals surface area contributed by atoms with Crippen LogP contribution in [0.15, 0.2) is 0 Å². The van der Waals surface area contributed by atoms with Crippen LogP contribution in [0.1, 0.15) is 6.42 Å². The Morgan fingerprint density at radius 1 is 1.38 bits per heavy atom. The van der Waals surface area contributed by atoms with Gasteiger partial charge in [-0.05, 0) is 6.42 Å². The van der Waals surface area contributed by atoms with E-state index in [-0.39, 0.29) is 0 Å². The largest absolute Gasteiger partial charge is 0.314 e. The van der Waals surface area contributed by atoms with Gasteiger partial charge in [0.05, 0.1) is 0 Å². The predicted octanol–water partition coefficient (Wildman–Crippen LogP) is -0.336. The van der Waals surface area contributed by atoms with Crippen molar-refractivity contribution >= 4 is 0 Å². The molecule has 0 bridgehead atoms. The highest BCUT2D eigenvalue weighted by Gasteiger charge is 2.29. The molecule has 0 aromatic rings. The van der Waals surface area contributed by atoms with Gasteiger partial charge in [-0.2, -0.15) is 0 Å². The van der Waals surface area contributed by atoms with Crippen LogP contribution in [0, 0.1) is 0 Å². The molecule has 2 fully saturated rings. The maximum atomic E-state index is 3.37. The summed E-state index contributed by atoms with van der Waals surface area (Å²) in [6, 6.07) is 0.906. The number of nitrogens with zero attached hydrogens (tertiary/aromatic N) is 1. The van der Waals surface area contributed by atoms with Crippen LogP contribution in [0.25, 0.3) is 0 Å². The van der Waals surface area contributed by atoms with Gasteiger partial charge in [-0.3, -0.25) is 4.90 Å². The average Bonchev–Trinajstić information content (AvgIpc) is 1.72. The van der Waals surface area contributed by atoms with Crippen LogP contribution < -0.4 is 5.32 Å². The van der Waals surface area contributed by atoms with Crippen molar-refractivity contribution in [2.75, 3.05) is 26.2 Å². The number of hydrogen-bond donors (Lipinski definition) is 1. The van der Waals surface area contributed by atoms with Gasteiger partial charge in [0, 0.05) is 32.2 Å². The normalized spacial score (nSPS) is 38.2. The number of fused-ring (bicyclic) bond motifs is 1. The molecule has 0 spiro atoms. The highest BCUT2D eigenvalue weighted by atomic mass is 15.3. The molecular formula is C6H12N2. The van der Waals surface area contributed by atoms with Crippen LogP contribution in [0.5, 0.6) is 0 Å². The molecule has 0 radical (unpaired) electrons. The lowest BCUT2D eigenvalue weighted by atomic mass is 10.0. The van der Waals surface area contributed by atoms with E-state index in [1.807, 2.05) is 0 Å². The molecule has 2 aliphatic rings. The van der Waals surface area contributed by atoms with Crippen LogP contribution >= 0.6 is 0 Å². The first-order valence-corrected chi connectivity index (χ1v) is 3.41. The monoisotopic (exact) mass is 112 g/mol. The van der Waals surface area contributed by atoms with Crippen molar-refractivity contribution in [1.82, 2.24) is 10.2 Å². The third kappa shape index (κ3) is 0.565. The van der Waals surface area contributed by atoms with Gasteiger partial charge in [-0.15, -0.1) is 0 Å². The second kappa shape index (κ2) is 1.71. The molecular weight excluding hydrogens is 100 g/mol. The van der Waals surface area contributed by atoms with E-state index in [4.69, 9.17) is 0 Å². The quantitative estimate of drug-likeness (QED) is 0.461. The van der Waals surface area contributed by atoms with Gasteiger partial charge in [0.1, 0.15) is 0 Å². The Labute approximate surface area is 49.9 Å². The SMILES string of the molecule is C1CN2CC[C@@H]2CN1. The second-order valence-electron chi connectivity index (χ2n) is 2.68. The lowest BCUT2D eigenvalue weighted by Gasteiger charge is -2.44. The van der Waals surface area contributed by atoms with Crippen molar-refractivity contribution in [2.24, 2.45) is 0 Å². The maximum absolute atomic E-state index is 3.37. The van der Waals surface area contributed by atoms with Gasteiger partial charge in [0.2, 0.25) is 0 Å². The van der Waals surface area contributed by atoms with Crippen molar-refractivity contribution < 1.29 is 0 Å². The molecule has 2 heterocycles. The third-order valence-electron chi connectivity index (χ3n) is 2.22. The Balaban J connectivity index is 1.92. The van der Waals surface area contributed by atoms with Gasteiger partial charge in [0.25, 0.3) is 0 Å². The summed E-state index contributed by atoms with van der Waals surface area (Å²) in [6.07, 6.45) is 1.42. The predicted molar refractivity (Wildman–Crippen MR) is 32.8 cm³/mol. The van der Waals surface area contributed by atoms with E-state index < -0.39 is 0 Å². The summed E-state index contributed by atoms with van der Waals surface area (Å²) in [5.41, 5.74) is 0. The molecule has 1 N–H and O–H groups in total. The van der Waals surface area contributed by atoms with Crippen molar-refractivity contribution in [1.29, 1.82) is 0 Å². The summed E-state index contributed by atoms with van der Waals surface area (Å²) in [6.45, 7) is 5.08. The van der Waals surface area contributed by atoms with Crippen molar-refractivity contribution in [2.45, 2.75) is 12.5 Å². The molecule has 2 aliphatic heterocycles. The van der Waals surface area contributed by atoms with Gasteiger partial charge in [-0.25, -0.2) is 0 Å². The van der Waals surface area contributed by atoms with Gasteiger partial charge >= 0.3 is 0 Å². The van der Waals surface area contributed by atoms with Gasteiger partial charge in [-0.1, -0.05) is 0 Å². The highest BCUT2D eigenvalue weighted by Crippen LogP contribution is 2.17. The second-order valence-corrected chi connectivity index (χ2v) is 2.68. The molecule has 0 unspecified atom stereocenters. The van der Waals surface area contributed by atoms with E-state index in [0.29, 0.717) is 0 Å². The highest BCUT2D eigenvalue weighted by molar-refractivity contribution is 4.87. The Hall–Kier alpha value is -0.0800. The minimum Gasteiger partial charge on any atom is -0.314 e. The summed E-state index contributed by atoms with van der Waals surface area (Å²) in [5.74, 6) is 0. The molecule has 0 aromatic heterocycles. The van der Waals surface area contributed by atoms with E-state index >= 15 is 0 Å². The fourth-order valence-electron chi connectivity index (χ4n) is 1.51. The van der Waals surface area contributed by atoms with Crippen LogP contribution in [0.4, 0.5) is 0 Å². The molecule has 2 rings (SSSR count). The molecule has 0 aliphatic carbocycles. The molecule has 2 nitrogen and oxygen atoms in total. The molecule has 2 saturated heterocycles. The minimum absolute atomic E-state index is 0.906. The summed E-state index contributed by atoms with van der Waals surface area (Å²) < 4.78 is 0. The molecule has 0 aromatic carbocycles. The number of piperazine rings is 1. The zero-order valence-electron chi connectivity index (χ0n) is 5.06. The third-order valence-corrected chi connectivity index (χ3v) is 2.22. The first-order chi connectivity index (χ1) is 3.97. The Kier molecular flexibility index (Phi) is 1.02. The minimum atomic E-state index is 0.906. The van der Waals surface area contributed by atoms with E-state index in [0.717, 1.165) is 6.04 Å². The summed E-state index contributed by atoms with van der Waals surface area (Å²) in [5, 5.41) is 3.37. The fraction of sp³-hybridized carbons (Fsp3) is 1.00. The van der Waals surface area contributed by atoms with Gasteiger partial charge in [0.15, 0.2) is 0 Å². The number of nitrogens with one attached hydrogen (secondary N) is 1. The summed E-state index contributed by atoms with van der Waals surface area (Å²) >= 11 is 0. The van der Waals surface area contributed by atoms with Crippen LogP contribution in [0.3, 0.4) is 0 Å². The number of hydrogen-bond acceptors (Lipinski definition) is 2. The lowest BCUT2D eigenvalue weighted by Crippen LogP contribution is -2.58. The Bertz CT molecular complexity index is 80.5. The maximum Gasteiger partial charge on any atom is 0.0233 e. The zero-order valence-corrected chi connectivity index (χ0v) is 5.06. The average molecular weight is 112 g/mol. The van der Waals surface area contributed by atoms with Crippen LogP contribution in [-0.4, -0.2) is 37.1 Å². The molecule has 1 atom stereocenters. The Morgan fingerprint density at radius 2 is 2.38 bits per heavy atom. The summed E-state index contributed by atoms with van der Waals surface area (Å²) in [4.78, 5) is 2.55. The standard InChI is InChI=1S/C6H12N2/c1-3-8-4-2-7-5-6(1)8/h6-7H,1-5H2/t6-/m1/s1. The first-order valence-electron chi connectivity index (χ1n) is 3.41. The first kappa shape index (κ1) is 4.77. The van der Waals surface area contributed by atoms with E-state index in [1.165, 1.54) is 32.6 Å². The smallest absolute Gasteiger partial charge is 0.0233 e.